The lowest BCUT2D eigenvalue weighted by Crippen LogP contribution is -2.18. The molecule has 2 rings (SSSR count). The summed E-state index contributed by atoms with van der Waals surface area (Å²) in [7, 11) is 0. The highest BCUT2D eigenvalue weighted by molar-refractivity contribution is 14.1. The molecule has 0 spiro atoms. The summed E-state index contributed by atoms with van der Waals surface area (Å²) in [6, 6.07) is 0. The van der Waals surface area contributed by atoms with E-state index in [1.165, 1.54) is 41.4 Å². The Bertz CT molecular complexity index is 473. The van der Waals surface area contributed by atoms with Crippen LogP contribution in [0.25, 0.3) is 0 Å². The van der Waals surface area contributed by atoms with E-state index in [9.17, 15) is 0 Å². The number of hydrogen-bond acceptors (Lipinski definition) is 3. The highest BCUT2D eigenvalue weighted by Gasteiger charge is 2.26. The highest BCUT2D eigenvalue weighted by atomic mass is 127. The van der Waals surface area contributed by atoms with Gasteiger partial charge in [0.1, 0.15) is 11.6 Å². The predicted molar refractivity (Wildman–Crippen MR) is 98.0 cm³/mol. The van der Waals surface area contributed by atoms with Crippen LogP contribution in [-0.2, 0) is 0 Å². The third-order valence-electron chi connectivity index (χ3n) is 4.51. The van der Waals surface area contributed by atoms with Gasteiger partial charge >= 0.3 is 0 Å². The summed E-state index contributed by atoms with van der Waals surface area (Å²) in [5, 5.41) is 3.42. The van der Waals surface area contributed by atoms with E-state index in [-0.39, 0.29) is 0 Å². The summed E-state index contributed by atoms with van der Waals surface area (Å²) >= 11 is 2.39. The van der Waals surface area contributed by atoms with Gasteiger partial charge in [-0.25, -0.2) is 9.97 Å². The van der Waals surface area contributed by atoms with Crippen molar-refractivity contribution < 1.29 is 0 Å². The van der Waals surface area contributed by atoms with Crippen LogP contribution in [0.3, 0.4) is 0 Å². The average Bonchev–Trinajstić information content (AvgIpc) is 2.49. The highest BCUT2D eigenvalue weighted by Crippen LogP contribution is 2.37. The summed E-state index contributed by atoms with van der Waals surface area (Å²) in [6.45, 7) is 9.79. The van der Waals surface area contributed by atoms with Crippen molar-refractivity contribution in [2.24, 2.45) is 5.92 Å². The van der Waals surface area contributed by atoms with E-state index in [4.69, 9.17) is 9.97 Å². The molecule has 0 saturated heterocycles. The molecular weight excluding hydrogens is 373 g/mol. The summed E-state index contributed by atoms with van der Waals surface area (Å²) in [4.78, 5) is 9.82. The number of halogens is 1. The molecule has 1 heterocycles. The third-order valence-corrected chi connectivity index (χ3v) is 5.57. The van der Waals surface area contributed by atoms with Crippen LogP contribution in [0.5, 0.6) is 0 Å². The van der Waals surface area contributed by atoms with Gasteiger partial charge in [0, 0.05) is 12.5 Å². The minimum Gasteiger partial charge on any atom is -0.369 e. The number of rotatable bonds is 5. The zero-order valence-electron chi connectivity index (χ0n) is 13.7. The first kappa shape index (κ1) is 17.0. The van der Waals surface area contributed by atoms with Gasteiger partial charge in [-0.05, 0) is 54.2 Å². The summed E-state index contributed by atoms with van der Waals surface area (Å²) in [5.74, 6) is 3.97. The molecule has 0 aromatic carbocycles. The number of anilines is 1. The van der Waals surface area contributed by atoms with Crippen molar-refractivity contribution in [2.75, 3.05) is 11.9 Å². The van der Waals surface area contributed by atoms with Gasteiger partial charge in [-0.15, -0.1) is 0 Å². The minimum absolute atomic E-state index is 0.446. The molecule has 1 fully saturated rings. The molecule has 0 radical (unpaired) electrons. The quantitative estimate of drug-likeness (QED) is 0.679. The summed E-state index contributed by atoms with van der Waals surface area (Å²) < 4.78 is 1.19. The van der Waals surface area contributed by atoms with Gasteiger partial charge in [0.05, 0.1) is 9.26 Å². The first-order valence-corrected chi connectivity index (χ1v) is 9.45. The van der Waals surface area contributed by atoms with E-state index < -0.39 is 0 Å². The smallest absolute Gasteiger partial charge is 0.143 e. The maximum absolute atomic E-state index is 4.95. The van der Waals surface area contributed by atoms with Crippen molar-refractivity contribution in [1.29, 1.82) is 0 Å². The van der Waals surface area contributed by atoms with Crippen LogP contribution in [0.4, 0.5) is 5.82 Å². The van der Waals surface area contributed by atoms with Gasteiger partial charge in [0.2, 0.25) is 0 Å². The molecule has 1 aromatic heterocycles. The fourth-order valence-corrected chi connectivity index (χ4v) is 4.28. The molecule has 21 heavy (non-hydrogen) atoms. The Morgan fingerprint density at radius 1 is 1.24 bits per heavy atom. The molecule has 1 N–H and O–H groups in total. The topological polar surface area (TPSA) is 37.8 Å². The average molecular weight is 401 g/mol. The maximum atomic E-state index is 4.95. The van der Waals surface area contributed by atoms with Crippen molar-refractivity contribution in [3.63, 3.8) is 0 Å². The fraction of sp³-hybridized carbons (Fsp3) is 0.765. The first-order valence-electron chi connectivity index (χ1n) is 8.37. The number of nitrogens with one attached hydrogen (secondary N) is 1. The molecule has 0 aliphatic heterocycles. The number of nitrogens with zero attached hydrogens (tertiary/aromatic N) is 2. The Kier molecular flexibility index (Phi) is 6.26. The lowest BCUT2D eigenvalue weighted by molar-refractivity contribution is 0.307. The van der Waals surface area contributed by atoms with Gasteiger partial charge in [-0.1, -0.05) is 40.0 Å². The molecule has 0 amide bonds. The largest absolute Gasteiger partial charge is 0.369 e. The molecule has 1 aliphatic carbocycles. The van der Waals surface area contributed by atoms with Crippen molar-refractivity contribution in [2.45, 2.75) is 71.6 Å². The van der Waals surface area contributed by atoms with Crippen LogP contribution in [0.15, 0.2) is 0 Å². The zero-order valence-corrected chi connectivity index (χ0v) is 15.9. The number of aromatic nitrogens is 2. The fourth-order valence-electron chi connectivity index (χ4n) is 3.23. The molecule has 1 aliphatic rings. The second-order valence-corrected chi connectivity index (χ2v) is 7.53. The van der Waals surface area contributed by atoms with Gasteiger partial charge in [-0.3, -0.25) is 0 Å². The molecule has 1 saturated carbocycles. The molecule has 4 heteroatoms. The Hall–Kier alpha value is -0.390. The molecule has 0 bridgehead atoms. The second kappa shape index (κ2) is 7.75. The Morgan fingerprint density at radius 3 is 2.62 bits per heavy atom. The van der Waals surface area contributed by atoms with Crippen LogP contribution in [0.1, 0.15) is 83.2 Å². The van der Waals surface area contributed by atoms with Crippen LogP contribution in [0, 0.1) is 9.49 Å². The van der Waals surface area contributed by atoms with E-state index in [1.807, 2.05) is 0 Å². The Labute approximate surface area is 142 Å². The van der Waals surface area contributed by atoms with E-state index >= 15 is 0 Å². The maximum Gasteiger partial charge on any atom is 0.143 e. The van der Waals surface area contributed by atoms with E-state index in [0.29, 0.717) is 11.8 Å². The van der Waals surface area contributed by atoms with Crippen molar-refractivity contribution in [3.8, 4) is 0 Å². The van der Waals surface area contributed by atoms with Crippen molar-refractivity contribution in [1.82, 2.24) is 9.97 Å². The summed E-state index contributed by atoms with van der Waals surface area (Å²) in [6.07, 6.45) is 6.51. The SMILES string of the molecule is CCNc1nc(C2CCCC(CC)C2)nc(C(C)C)c1I. The second-order valence-electron chi connectivity index (χ2n) is 6.45. The van der Waals surface area contributed by atoms with E-state index in [2.05, 4.69) is 55.6 Å². The zero-order chi connectivity index (χ0) is 15.4. The Morgan fingerprint density at radius 2 is 2.00 bits per heavy atom. The Balaban J connectivity index is 2.33. The van der Waals surface area contributed by atoms with Crippen LogP contribution < -0.4 is 5.32 Å². The van der Waals surface area contributed by atoms with Gasteiger partial charge in [0.25, 0.3) is 0 Å². The first-order chi connectivity index (χ1) is 10.1. The number of hydrogen-bond donors (Lipinski definition) is 1. The van der Waals surface area contributed by atoms with Gasteiger partial charge in [-0.2, -0.15) is 0 Å². The molecular formula is C17H28IN3. The standard InChI is InChI=1S/C17H28IN3/c1-5-12-8-7-9-13(10-12)16-20-15(11(3)4)14(18)17(21-16)19-6-2/h11-13H,5-10H2,1-4H3,(H,19,20,21). The van der Waals surface area contributed by atoms with Crippen LogP contribution in [0.2, 0.25) is 0 Å². The molecule has 118 valence electrons. The molecule has 2 atom stereocenters. The lowest BCUT2D eigenvalue weighted by atomic mass is 9.80. The molecule has 2 unspecified atom stereocenters. The summed E-state index contributed by atoms with van der Waals surface area (Å²) in [5.41, 5.74) is 1.20. The van der Waals surface area contributed by atoms with Gasteiger partial charge in [0.15, 0.2) is 0 Å². The predicted octanol–water partition coefficient (Wildman–Crippen LogP) is 5.32. The van der Waals surface area contributed by atoms with E-state index in [0.717, 1.165) is 24.1 Å². The lowest BCUT2D eigenvalue weighted by Gasteiger charge is -2.28. The molecule has 1 aromatic rings. The van der Waals surface area contributed by atoms with E-state index in [1.54, 1.807) is 0 Å². The van der Waals surface area contributed by atoms with Crippen LogP contribution in [-0.4, -0.2) is 16.5 Å². The van der Waals surface area contributed by atoms with Gasteiger partial charge < -0.3 is 5.32 Å². The van der Waals surface area contributed by atoms with Crippen molar-refractivity contribution in [3.05, 3.63) is 15.1 Å². The molecule has 3 nitrogen and oxygen atoms in total. The third kappa shape index (κ3) is 4.08. The van der Waals surface area contributed by atoms with Crippen molar-refractivity contribution >= 4 is 28.4 Å². The normalized spacial score (nSPS) is 22.6. The minimum atomic E-state index is 0.446. The monoisotopic (exact) mass is 401 g/mol. The van der Waals surface area contributed by atoms with Crippen LogP contribution >= 0.6 is 22.6 Å².